The Kier molecular flexibility index (Phi) is 6.68. The van der Waals surface area contributed by atoms with Crippen LogP contribution in [0.25, 0.3) is 0 Å². The molecule has 0 bridgehead atoms. The molecule has 1 aromatic heterocycles. The first-order valence-electron chi connectivity index (χ1n) is 7.14. The lowest BCUT2D eigenvalue weighted by Crippen LogP contribution is -2.32. The summed E-state index contributed by atoms with van der Waals surface area (Å²) >= 11 is 5.30. The van der Waals surface area contributed by atoms with E-state index in [4.69, 9.17) is 4.74 Å². The van der Waals surface area contributed by atoms with Gasteiger partial charge in [0.1, 0.15) is 0 Å². The molecular formula is C14H22BrNO3S2. The van der Waals surface area contributed by atoms with E-state index in [-0.39, 0.29) is 5.92 Å². The lowest BCUT2D eigenvalue weighted by atomic mass is 9.88. The Morgan fingerprint density at radius 1 is 1.57 bits per heavy atom. The van der Waals surface area contributed by atoms with Crippen molar-refractivity contribution in [1.29, 1.82) is 0 Å². The average molecular weight is 396 g/mol. The van der Waals surface area contributed by atoms with Crippen LogP contribution in [0, 0.1) is 11.8 Å². The van der Waals surface area contributed by atoms with Gasteiger partial charge in [0.15, 0.2) is 9.84 Å². The van der Waals surface area contributed by atoms with Crippen LogP contribution in [0.1, 0.15) is 11.3 Å². The summed E-state index contributed by atoms with van der Waals surface area (Å²) in [5, 5.41) is 5.46. The molecule has 2 rings (SSSR count). The van der Waals surface area contributed by atoms with E-state index in [0.29, 0.717) is 24.0 Å². The van der Waals surface area contributed by atoms with Crippen LogP contribution in [0.2, 0.25) is 0 Å². The zero-order valence-corrected chi connectivity index (χ0v) is 15.4. The van der Waals surface area contributed by atoms with Crippen LogP contribution < -0.4 is 5.32 Å². The van der Waals surface area contributed by atoms with Gasteiger partial charge in [-0.15, -0.1) is 11.3 Å². The normalized spacial score (nSPS) is 22.5. The fourth-order valence-electron chi connectivity index (χ4n) is 2.77. The lowest BCUT2D eigenvalue weighted by molar-refractivity contribution is 0.195. The fraction of sp³-hybridized carbons (Fsp3) is 0.714. The third-order valence-corrected chi connectivity index (χ3v) is 7.70. The van der Waals surface area contributed by atoms with Crippen molar-refractivity contribution in [3.8, 4) is 0 Å². The van der Waals surface area contributed by atoms with Crippen molar-refractivity contribution < 1.29 is 13.2 Å². The van der Waals surface area contributed by atoms with Gasteiger partial charge in [-0.3, -0.25) is 0 Å². The first-order chi connectivity index (χ1) is 10.0. The third-order valence-electron chi connectivity index (χ3n) is 3.96. The minimum absolute atomic E-state index is 0.263. The highest BCUT2D eigenvalue weighted by Crippen LogP contribution is 2.32. The molecule has 0 aliphatic carbocycles. The molecular weight excluding hydrogens is 374 g/mol. The molecule has 21 heavy (non-hydrogen) atoms. The molecule has 120 valence electrons. The van der Waals surface area contributed by atoms with E-state index in [1.807, 2.05) is 0 Å². The molecule has 4 nitrogen and oxygen atoms in total. The monoisotopic (exact) mass is 395 g/mol. The van der Waals surface area contributed by atoms with Gasteiger partial charge in [0, 0.05) is 23.0 Å². The molecule has 0 amide bonds. The van der Waals surface area contributed by atoms with Crippen molar-refractivity contribution in [1.82, 2.24) is 5.32 Å². The highest BCUT2D eigenvalue weighted by molar-refractivity contribution is 9.10. The third kappa shape index (κ3) is 5.32. The first-order valence-corrected chi connectivity index (χ1v) is 10.6. The quantitative estimate of drug-likeness (QED) is 0.686. The van der Waals surface area contributed by atoms with Crippen LogP contribution in [0.4, 0.5) is 0 Å². The second-order valence-corrected chi connectivity index (χ2v) is 9.60. The van der Waals surface area contributed by atoms with Crippen LogP contribution >= 0.6 is 27.3 Å². The van der Waals surface area contributed by atoms with Crippen molar-refractivity contribution in [3.05, 3.63) is 20.8 Å². The predicted octanol–water partition coefficient (Wildman–Crippen LogP) is 2.34. The minimum atomic E-state index is -2.83. The summed E-state index contributed by atoms with van der Waals surface area (Å²) < 4.78 is 29.7. The Morgan fingerprint density at radius 3 is 2.95 bits per heavy atom. The molecule has 7 heteroatoms. The summed E-state index contributed by atoms with van der Waals surface area (Å²) in [6, 6.07) is 2.06. The van der Waals surface area contributed by atoms with E-state index in [2.05, 4.69) is 32.7 Å². The van der Waals surface area contributed by atoms with Gasteiger partial charge in [-0.2, -0.15) is 0 Å². The molecule has 1 saturated heterocycles. The van der Waals surface area contributed by atoms with Crippen molar-refractivity contribution >= 4 is 37.1 Å². The Labute approximate surface area is 139 Å². The van der Waals surface area contributed by atoms with Gasteiger partial charge in [-0.25, -0.2) is 8.42 Å². The van der Waals surface area contributed by atoms with Crippen LogP contribution in [0.3, 0.4) is 0 Å². The first kappa shape index (κ1) is 17.4. The maximum Gasteiger partial charge on any atom is 0.150 e. The highest BCUT2D eigenvalue weighted by Gasteiger charge is 2.33. The minimum Gasteiger partial charge on any atom is -0.383 e. The number of halogens is 1. The molecule has 0 radical (unpaired) electrons. The average Bonchev–Trinajstić information content (AvgIpc) is 2.99. The van der Waals surface area contributed by atoms with E-state index in [9.17, 15) is 8.42 Å². The summed E-state index contributed by atoms with van der Waals surface area (Å²) in [6.07, 6.45) is 1.72. The number of hydrogen-bond acceptors (Lipinski definition) is 5. The van der Waals surface area contributed by atoms with E-state index < -0.39 is 9.84 Å². The number of nitrogens with one attached hydrogen (secondary N) is 1. The molecule has 1 aliphatic heterocycles. The SMILES string of the molecule is COCCNCC(Cc1sccc1Br)C1CCS(=O)(=O)C1. The molecule has 1 aromatic rings. The molecule has 1 fully saturated rings. The van der Waals surface area contributed by atoms with Crippen molar-refractivity contribution in [2.75, 3.05) is 38.3 Å². The standard InChI is InChI=1S/C14H22BrNO3S2/c1-19-5-4-16-9-12(8-14-13(15)2-6-20-14)11-3-7-21(17,18)10-11/h2,6,11-12,16H,3-5,7-10H2,1H3. The topological polar surface area (TPSA) is 55.4 Å². The van der Waals surface area contributed by atoms with Gasteiger partial charge in [-0.1, -0.05) is 0 Å². The number of methoxy groups -OCH3 is 1. The summed E-state index contributed by atoms with van der Waals surface area (Å²) in [7, 11) is -1.14. The maximum atomic E-state index is 11.7. The Morgan fingerprint density at radius 2 is 2.38 bits per heavy atom. The molecule has 1 N–H and O–H groups in total. The molecule has 2 atom stereocenters. The van der Waals surface area contributed by atoms with Crippen LogP contribution in [-0.2, 0) is 21.0 Å². The van der Waals surface area contributed by atoms with Gasteiger partial charge in [0.2, 0.25) is 0 Å². The van der Waals surface area contributed by atoms with E-state index in [0.717, 1.165) is 30.4 Å². The van der Waals surface area contributed by atoms with E-state index in [1.54, 1.807) is 18.4 Å². The number of hydrogen-bond donors (Lipinski definition) is 1. The second kappa shape index (κ2) is 8.06. The fourth-order valence-corrected chi connectivity index (χ4v) is 6.30. The zero-order valence-electron chi connectivity index (χ0n) is 12.2. The maximum absolute atomic E-state index is 11.7. The Hall–Kier alpha value is 0.0500. The zero-order chi connectivity index (χ0) is 15.3. The van der Waals surface area contributed by atoms with Crippen LogP contribution in [0.15, 0.2) is 15.9 Å². The van der Waals surface area contributed by atoms with Crippen molar-refractivity contribution in [2.45, 2.75) is 12.8 Å². The van der Waals surface area contributed by atoms with E-state index in [1.165, 1.54) is 4.88 Å². The van der Waals surface area contributed by atoms with Crippen LogP contribution in [-0.4, -0.2) is 46.7 Å². The lowest BCUT2D eigenvalue weighted by Gasteiger charge is -2.23. The highest BCUT2D eigenvalue weighted by atomic mass is 79.9. The second-order valence-electron chi connectivity index (χ2n) is 5.52. The molecule has 2 unspecified atom stereocenters. The molecule has 0 spiro atoms. The van der Waals surface area contributed by atoms with Gasteiger partial charge >= 0.3 is 0 Å². The molecule has 2 heterocycles. The summed E-state index contributed by atoms with van der Waals surface area (Å²) in [6.45, 7) is 2.32. The Bertz CT molecular complexity index is 544. The Balaban J connectivity index is 1.98. The molecule has 1 aliphatic rings. The molecule has 0 aromatic carbocycles. The van der Waals surface area contributed by atoms with Gasteiger partial charge in [0.25, 0.3) is 0 Å². The van der Waals surface area contributed by atoms with Crippen molar-refractivity contribution in [3.63, 3.8) is 0 Å². The largest absolute Gasteiger partial charge is 0.383 e. The summed E-state index contributed by atoms with van der Waals surface area (Å²) in [4.78, 5) is 1.30. The van der Waals surface area contributed by atoms with Crippen LogP contribution in [0.5, 0.6) is 0 Å². The smallest absolute Gasteiger partial charge is 0.150 e. The number of sulfone groups is 1. The predicted molar refractivity (Wildman–Crippen MR) is 90.7 cm³/mol. The van der Waals surface area contributed by atoms with E-state index >= 15 is 0 Å². The van der Waals surface area contributed by atoms with Gasteiger partial charge < -0.3 is 10.1 Å². The summed E-state index contributed by atoms with van der Waals surface area (Å²) in [5.74, 6) is 1.30. The number of ether oxygens (including phenoxy) is 1. The molecule has 0 saturated carbocycles. The number of rotatable bonds is 8. The summed E-state index contributed by atoms with van der Waals surface area (Å²) in [5.41, 5.74) is 0. The number of thiophene rings is 1. The van der Waals surface area contributed by atoms with Gasteiger partial charge in [-0.05, 0) is 58.6 Å². The van der Waals surface area contributed by atoms with Gasteiger partial charge in [0.05, 0.1) is 18.1 Å². The van der Waals surface area contributed by atoms with Crippen molar-refractivity contribution in [2.24, 2.45) is 11.8 Å².